The Morgan fingerprint density at radius 3 is 2.67 bits per heavy atom. The first-order valence-electron chi connectivity index (χ1n) is 15.5. The summed E-state index contributed by atoms with van der Waals surface area (Å²) in [6, 6.07) is 10.8. The van der Waals surface area contributed by atoms with Crippen molar-refractivity contribution in [2.24, 2.45) is 0 Å². The normalized spacial score (nSPS) is 21.7. The molecule has 0 spiro atoms. The largest absolute Gasteiger partial charge is 0.511 e. The van der Waals surface area contributed by atoms with Crippen molar-refractivity contribution >= 4 is 23.8 Å². The Labute approximate surface area is 268 Å². The zero-order valence-electron chi connectivity index (χ0n) is 25.2. The number of carbonyl (C=O) groups is 2. The van der Waals surface area contributed by atoms with Crippen LogP contribution in [0.3, 0.4) is 0 Å². The minimum Gasteiger partial charge on any atom is -0.448 e. The second-order valence-electron chi connectivity index (χ2n) is 11.7. The lowest BCUT2D eigenvalue weighted by Crippen LogP contribution is -2.66. The van der Waals surface area contributed by atoms with Crippen molar-refractivity contribution in [2.75, 3.05) is 24.8 Å². The van der Waals surface area contributed by atoms with Crippen LogP contribution in [-0.4, -0.2) is 60.0 Å². The van der Waals surface area contributed by atoms with Gasteiger partial charge in [-0.2, -0.15) is 0 Å². The van der Waals surface area contributed by atoms with E-state index in [1.807, 2.05) is 29.3 Å². The van der Waals surface area contributed by atoms with Crippen LogP contribution < -0.4 is 15.2 Å². The lowest BCUT2D eigenvalue weighted by molar-refractivity contribution is -0.0697. The molecule has 242 valence electrons. The van der Waals surface area contributed by atoms with E-state index in [0.29, 0.717) is 5.56 Å². The third-order valence-electron chi connectivity index (χ3n) is 8.89. The number of nitrogens with zero attached hydrogens (tertiary/aromatic N) is 3. The average molecular weight is 654 g/mol. The van der Waals surface area contributed by atoms with E-state index in [1.54, 1.807) is 11.0 Å². The topological polar surface area (TPSA) is 99.5 Å². The molecule has 1 amide bonds. The van der Waals surface area contributed by atoms with Crippen molar-refractivity contribution in [1.82, 2.24) is 9.58 Å². The first kappa shape index (κ1) is 30.5. The molecule has 1 aromatic heterocycles. The maximum absolute atomic E-state index is 15.4. The predicted octanol–water partition coefficient (Wildman–Crippen LogP) is 5.48. The highest BCUT2D eigenvalue weighted by Gasteiger charge is 2.46. The lowest BCUT2D eigenvalue weighted by Gasteiger charge is -2.51. The molecule has 4 aliphatic rings. The van der Waals surface area contributed by atoms with Crippen LogP contribution in [0.15, 0.2) is 58.4 Å². The minimum atomic E-state index is -1.26. The molecule has 2 fully saturated rings. The van der Waals surface area contributed by atoms with Gasteiger partial charge in [0.25, 0.3) is 5.91 Å². The summed E-state index contributed by atoms with van der Waals surface area (Å²) in [5.41, 5.74) is 0.869. The molecule has 1 unspecified atom stereocenters. The Bertz CT molecular complexity index is 1730. The molecule has 3 aromatic rings. The van der Waals surface area contributed by atoms with Gasteiger partial charge in [0.15, 0.2) is 17.3 Å². The first-order valence-corrected chi connectivity index (χ1v) is 16.5. The standard InChI is InChI=1S/C33H33F2N3O7S/c1-19(44-33(41)45-20-7-3-2-4-8-20)43-31-25(39)13-14-37-30(31)32(40)36-15-16-42-17-27(36)38(37)29-21-11-12-24(34)28(35)23(21)18-46-26-10-6-5-9-22(26)29/h5-6,9-14,19-20,27,29H,2-4,7-8,15-18H2,1H3/t19?,27-,29+/m1/s1. The number of thioether (sulfide) groups is 1. The van der Waals surface area contributed by atoms with Crippen molar-refractivity contribution < 1.29 is 37.3 Å². The van der Waals surface area contributed by atoms with E-state index in [4.69, 9.17) is 18.9 Å². The number of ether oxygens (including phenoxy) is 4. The van der Waals surface area contributed by atoms with Gasteiger partial charge in [0, 0.05) is 41.9 Å². The molecule has 1 saturated carbocycles. The second-order valence-corrected chi connectivity index (χ2v) is 12.7. The number of aromatic nitrogens is 1. The van der Waals surface area contributed by atoms with Crippen molar-refractivity contribution in [3.05, 3.63) is 92.9 Å². The summed E-state index contributed by atoms with van der Waals surface area (Å²) in [5, 5.41) is 1.85. The second kappa shape index (κ2) is 12.6. The Balaban J connectivity index is 1.32. The highest BCUT2D eigenvalue weighted by molar-refractivity contribution is 7.98. The number of rotatable bonds is 5. The fourth-order valence-corrected chi connectivity index (χ4v) is 7.87. The Morgan fingerprint density at radius 2 is 1.85 bits per heavy atom. The van der Waals surface area contributed by atoms with E-state index >= 15 is 4.39 Å². The fourth-order valence-electron chi connectivity index (χ4n) is 6.76. The number of amides is 1. The monoisotopic (exact) mass is 653 g/mol. The van der Waals surface area contributed by atoms with E-state index in [0.717, 1.165) is 48.6 Å². The molecule has 2 aromatic carbocycles. The van der Waals surface area contributed by atoms with Gasteiger partial charge in [0.2, 0.25) is 17.5 Å². The molecule has 1 saturated heterocycles. The van der Waals surface area contributed by atoms with Gasteiger partial charge in [-0.3, -0.25) is 19.3 Å². The zero-order valence-corrected chi connectivity index (χ0v) is 26.0. The highest BCUT2D eigenvalue weighted by Crippen LogP contribution is 2.45. The van der Waals surface area contributed by atoms with Crippen LogP contribution in [0.1, 0.15) is 72.2 Å². The molecule has 0 radical (unpaired) electrons. The first-order chi connectivity index (χ1) is 22.3. The minimum absolute atomic E-state index is 0.0831. The van der Waals surface area contributed by atoms with E-state index < -0.39 is 47.6 Å². The van der Waals surface area contributed by atoms with Gasteiger partial charge in [-0.25, -0.2) is 13.6 Å². The van der Waals surface area contributed by atoms with Gasteiger partial charge in [-0.05, 0) is 48.9 Å². The smallest absolute Gasteiger partial charge is 0.448 e. The van der Waals surface area contributed by atoms with Crippen molar-refractivity contribution in [1.29, 1.82) is 0 Å². The SMILES string of the molecule is CC(OC(=O)OC1CCCCC1)Oc1c2n(ccc1=O)N([C@@H]1c3ccccc3SCc3c1ccc(F)c3F)[C@@H]1COCCN1C2=O. The van der Waals surface area contributed by atoms with Crippen LogP contribution in [0, 0.1) is 11.6 Å². The number of morpholine rings is 1. The molecular formula is C33H33F2N3O7S. The Kier molecular flexibility index (Phi) is 8.36. The van der Waals surface area contributed by atoms with Crippen LogP contribution in [0.25, 0.3) is 0 Å². The number of pyridine rings is 1. The Hall–Kier alpha value is -4.10. The van der Waals surface area contributed by atoms with Gasteiger partial charge in [-0.1, -0.05) is 30.7 Å². The third kappa shape index (κ3) is 5.49. The molecule has 1 aliphatic carbocycles. The van der Waals surface area contributed by atoms with E-state index in [2.05, 4.69) is 0 Å². The molecule has 7 rings (SSSR count). The van der Waals surface area contributed by atoms with Gasteiger partial charge in [0.1, 0.15) is 12.3 Å². The predicted molar refractivity (Wildman–Crippen MR) is 163 cm³/mol. The maximum Gasteiger partial charge on any atom is 0.511 e. The number of halogens is 2. The van der Waals surface area contributed by atoms with E-state index in [-0.39, 0.29) is 48.6 Å². The summed E-state index contributed by atoms with van der Waals surface area (Å²) in [6.07, 6.45) is 2.94. The summed E-state index contributed by atoms with van der Waals surface area (Å²) < 4.78 is 54.1. The van der Waals surface area contributed by atoms with E-state index in [9.17, 15) is 18.8 Å². The lowest BCUT2D eigenvalue weighted by atomic mass is 9.93. The average Bonchev–Trinajstić information content (AvgIpc) is 3.22. The summed E-state index contributed by atoms with van der Waals surface area (Å²) >= 11 is 1.40. The molecule has 4 heterocycles. The van der Waals surface area contributed by atoms with Crippen LogP contribution >= 0.6 is 11.8 Å². The van der Waals surface area contributed by atoms with Crippen molar-refractivity contribution in [2.45, 2.75) is 74.3 Å². The number of hydrogen-bond acceptors (Lipinski definition) is 9. The highest BCUT2D eigenvalue weighted by atomic mass is 32.2. The quantitative estimate of drug-likeness (QED) is 0.262. The van der Waals surface area contributed by atoms with Crippen LogP contribution in [-0.2, 0) is 20.0 Å². The van der Waals surface area contributed by atoms with Gasteiger partial charge >= 0.3 is 6.16 Å². The molecule has 3 atom stereocenters. The Morgan fingerprint density at radius 1 is 1.04 bits per heavy atom. The number of benzene rings is 2. The number of fused-ring (bicyclic) bond motifs is 4. The number of carbonyl (C=O) groups excluding carboxylic acids is 2. The van der Waals surface area contributed by atoms with E-state index in [1.165, 1.54) is 35.6 Å². The molecule has 0 N–H and O–H groups in total. The summed E-state index contributed by atoms with van der Waals surface area (Å²) in [7, 11) is 0. The number of hydrogen-bond donors (Lipinski definition) is 0. The van der Waals surface area contributed by atoms with Gasteiger partial charge in [-0.15, -0.1) is 11.8 Å². The van der Waals surface area contributed by atoms with Crippen LogP contribution in [0.4, 0.5) is 13.6 Å². The van der Waals surface area contributed by atoms with Crippen LogP contribution in [0.5, 0.6) is 5.75 Å². The molecule has 46 heavy (non-hydrogen) atoms. The summed E-state index contributed by atoms with van der Waals surface area (Å²) in [6.45, 7) is 2.06. The summed E-state index contributed by atoms with van der Waals surface area (Å²) in [5.74, 6) is -2.46. The molecule has 10 nitrogen and oxygen atoms in total. The molecule has 3 aliphatic heterocycles. The fraction of sp³-hybridized carbons (Fsp3) is 0.424. The van der Waals surface area contributed by atoms with Gasteiger partial charge < -0.3 is 23.8 Å². The maximum atomic E-state index is 15.4. The van der Waals surface area contributed by atoms with Crippen molar-refractivity contribution in [3.63, 3.8) is 0 Å². The van der Waals surface area contributed by atoms with Crippen molar-refractivity contribution in [3.8, 4) is 5.75 Å². The van der Waals surface area contributed by atoms with Gasteiger partial charge in [0.05, 0.1) is 19.3 Å². The third-order valence-corrected chi connectivity index (χ3v) is 10.0. The summed E-state index contributed by atoms with van der Waals surface area (Å²) in [4.78, 5) is 42.5. The van der Waals surface area contributed by atoms with Crippen LogP contribution in [0.2, 0.25) is 0 Å². The molecule has 0 bridgehead atoms. The molecular weight excluding hydrogens is 620 g/mol. The zero-order chi connectivity index (χ0) is 31.9. The molecule has 13 heteroatoms.